The zero-order chi connectivity index (χ0) is 21.5. The summed E-state index contributed by atoms with van der Waals surface area (Å²) in [5, 5.41) is 21.6. The van der Waals surface area contributed by atoms with Gasteiger partial charge in [-0.15, -0.1) is 0 Å². The van der Waals surface area contributed by atoms with Crippen molar-refractivity contribution < 1.29 is 28.1 Å². The van der Waals surface area contributed by atoms with Gasteiger partial charge in [0.2, 0.25) is 0 Å². The van der Waals surface area contributed by atoms with Crippen molar-refractivity contribution in [2.75, 3.05) is 19.6 Å². The molecule has 0 amide bonds. The molecule has 1 fully saturated rings. The van der Waals surface area contributed by atoms with Gasteiger partial charge < -0.3 is 19.8 Å². The first-order valence-corrected chi connectivity index (χ1v) is 10.2. The summed E-state index contributed by atoms with van der Waals surface area (Å²) in [6, 6.07) is 10.7. The minimum Gasteiger partial charge on any atom is -0.490 e. The molecule has 0 radical (unpaired) electrons. The van der Waals surface area contributed by atoms with Crippen molar-refractivity contribution in [3.8, 4) is 5.75 Å². The van der Waals surface area contributed by atoms with Crippen molar-refractivity contribution in [1.82, 2.24) is 4.90 Å². The summed E-state index contributed by atoms with van der Waals surface area (Å²) in [7, 11) is 0. The predicted octanol–water partition coefficient (Wildman–Crippen LogP) is 4.05. The second kappa shape index (κ2) is 7.87. The van der Waals surface area contributed by atoms with Crippen molar-refractivity contribution in [2.45, 2.75) is 50.2 Å². The molecule has 0 spiro atoms. The van der Waals surface area contributed by atoms with Crippen molar-refractivity contribution in [3.63, 3.8) is 0 Å². The quantitative estimate of drug-likeness (QED) is 0.782. The van der Waals surface area contributed by atoms with Crippen molar-refractivity contribution in [3.05, 3.63) is 64.7 Å². The lowest BCUT2D eigenvalue weighted by molar-refractivity contribution is -0.137. The molecule has 7 heteroatoms. The molecular formula is C23H26F3NO3. The Bertz CT molecular complexity index is 907. The number of rotatable bonds is 4. The molecule has 0 aliphatic carbocycles. The minimum absolute atomic E-state index is 0.142. The lowest BCUT2D eigenvalue weighted by atomic mass is 9.83. The summed E-state index contributed by atoms with van der Waals surface area (Å²) in [6.07, 6.45) is -3.51. The molecule has 0 aromatic heterocycles. The molecule has 30 heavy (non-hydrogen) atoms. The maximum absolute atomic E-state index is 13.0. The van der Waals surface area contributed by atoms with E-state index in [1.54, 1.807) is 6.07 Å². The number of halogens is 3. The van der Waals surface area contributed by atoms with E-state index in [1.807, 2.05) is 30.0 Å². The minimum atomic E-state index is -4.43. The zero-order valence-corrected chi connectivity index (χ0v) is 16.8. The lowest BCUT2D eigenvalue weighted by Crippen LogP contribution is -2.44. The van der Waals surface area contributed by atoms with Gasteiger partial charge >= 0.3 is 6.18 Å². The SMILES string of the molecule is CC1Cc2cc(C(O)CN3CCC(O)(c4cccc(C(F)(F)F)c4)CC3)ccc2O1. The summed E-state index contributed by atoms with van der Waals surface area (Å²) < 4.78 is 44.7. The number of ether oxygens (including phenoxy) is 1. The van der Waals surface area contributed by atoms with Crippen LogP contribution < -0.4 is 4.74 Å². The Balaban J connectivity index is 1.38. The largest absolute Gasteiger partial charge is 0.490 e. The summed E-state index contributed by atoms with van der Waals surface area (Å²) in [6.45, 7) is 3.41. The first-order valence-electron chi connectivity index (χ1n) is 10.2. The standard InChI is InChI=1S/C23H26F3NO3/c1-15-11-17-12-16(5-6-21(17)30-15)20(28)14-27-9-7-22(29,8-10-27)18-3-2-4-19(13-18)23(24,25)26/h2-6,12-13,15,20,28-29H,7-11,14H2,1H3. The van der Waals surface area contributed by atoms with Crippen molar-refractivity contribution in [1.29, 1.82) is 0 Å². The van der Waals surface area contributed by atoms with E-state index in [1.165, 1.54) is 6.07 Å². The van der Waals surface area contributed by atoms with Gasteiger partial charge in [-0.05, 0) is 60.7 Å². The number of fused-ring (bicyclic) bond motifs is 1. The number of benzene rings is 2. The summed E-state index contributed by atoms with van der Waals surface area (Å²) in [5.74, 6) is 0.863. The maximum atomic E-state index is 13.0. The van der Waals surface area contributed by atoms with E-state index in [0.29, 0.717) is 38.0 Å². The van der Waals surface area contributed by atoms with Gasteiger partial charge in [0.05, 0.1) is 17.3 Å². The molecular weight excluding hydrogens is 395 g/mol. The molecule has 4 nitrogen and oxygen atoms in total. The van der Waals surface area contributed by atoms with Crippen LogP contribution in [0.1, 0.15) is 48.1 Å². The maximum Gasteiger partial charge on any atom is 0.416 e. The van der Waals surface area contributed by atoms with E-state index in [4.69, 9.17) is 4.74 Å². The summed E-state index contributed by atoms with van der Waals surface area (Å²) >= 11 is 0. The predicted molar refractivity (Wildman–Crippen MR) is 106 cm³/mol. The number of alkyl halides is 3. The smallest absolute Gasteiger partial charge is 0.416 e. The Morgan fingerprint density at radius 3 is 2.60 bits per heavy atom. The summed E-state index contributed by atoms with van der Waals surface area (Å²) in [4.78, 5) is 2.04. The van der Waals surface area contributed by atoms with E-state index in [-0.39, 0.29) is 6.10 Å². The van der Waals surface area contributed by atoms with Crippen LogP contribution in [0.3, 0.4) is 0 Å². The Kier molecular flexibility index (Phi) is 5.55. The normalized spacial score (nSPS) is 22.4. The molecule has 1 saturated heterocycles. The average Bonchev–Trinajstić information content (AvgIpc) is 3.08. The molecule has 4 rings (SSSR count). The van der Waals surface area contributed by atoms with E-state index < -0.39 is 23.4 Å². The van der Waals surface area contributed by atoms with Crippen LogP contribution in [0.15, 0.2) is 42.5 Å². The second-order valence-corrected chi connectivity index (χ2v) is 8.43. The van der Waals surface area contributed by atoms with Gasteiger partial charge in [0, 0.05) is 26.1 Å². The molecule has 162 valence electrons. The monoisotopic (exact) mass is 421 g/mol. The number of aliphatic hydroxyl groups is 2. The number of β-amino-alcohol motifs (C(OH)–C–C–N with tert-alkyl or cyclic N) is 1. The highest BCUT2D eigenvalue weighted by atomic mass is 19.4. The van der Waals surface area contributed by atoms with E-state index >= 15 is 0 Å². The summed E-state index contributed by atoms with van der Waals surface area (Å²) in [5.41, 5.74) is 0.178. The number of hydrogen-bond donors (Lipinski definition) is 2. The Morgan fingerprint density at radius 1 is 1.17 bits per heavy atom. The fourth-order valence-electron chi connectivity index (χ4n) is 4.38. The topological polar surface area (TPSA) is 52.9 Å². The van der Waals surface area contributed by atoms with Gasteiger partial charge in [-0.1, -0.05) is 18.2 Å². The lowest BCUT2D eigenvalue weighted by Gasteiger charge is -2.39. The number of aliphatic hydroxyl groups excluding tert-OH is 1. The molecule has 2 aromatic carbocycles. The molecule has 0 saturated carbocycles. The van der Waals surface area contributed by atoms with Crippen LogP contribution in [0.25, 0.3) is 0 Å². The van der Waals surface area contributed by atoms with E-state index in [0.717, 1.165) is 35.4 Å². The first kappa shape index (κ1) is 21.2. The van der Waals surface area contributed by atoms with Gasteiger partial charge in [-0.2, -0.15) is 13.2 Å². The van der Waals surface area contributed by atoms with Gasteiger partial charge in [0.15, 0.2) is 0 Å². The van der Waals surface area contributed by atoms with Gasteiger partial charge in [0.1, 0.15) is 11.9 Å². The van der Waals surface area contributed by atoms with Gasteiger partial charge in [-0.3, -0.25) is 0 Å². The Morgan fingerprint density at radius 2 is 1.90 bits per heavy atom. The van der Waals surface area contributed by atoms with Gasteiger partial charge in [0.25, 0.3) is 0 Å². The van der Waals surface area contributed by atoms with Crippen molar-refractivity contribution in [2.24, 2.45) is 0 Å². The van der Waals surface area contributed by atoms with Crippen LogP contribution in [0.5, 0.6) is 5.75 Å². The highest BCUT2D eigenvalue weighted by Crippen LogP contribution is 2.37. The highest BCUT2D eigenvalue weighted by Gasteiger charge is 2.37. The number of likely N-dealkylation sites (tertiary alicyclic amines) is 1. The van der Waals surface area contributed by atoms with E-state index in [2.05, 4.69) is 0 Å². The molecule has 2 aromatic rings. The molecule has 2 unspecified atom stereocenters. The highest BCUT2D eigenvalue weighted by molar-refractivity contribution is 5.41. The number of hydrogen-bond acceptors (Lipinski definition) is 4. The third kappa shape index (κ3) is 4.33. The zero-order valence-electron chi connectivity index (χ0n) is 16.8. The van der Waals surface area contributed by atoms with Crippen molar-refractivity contribution >= 4 is 0 Å². The molecule has 0 bridgehead atoms. The third-order valence-electron chi connectivity index (χ3n) is 6.15. The van der Waals surface area contributed by atoms with E-state index in [9.17, 15) is 23.4 Å². The molecule has 2 N–H and O–H groups in total. The van der Waals surface area contributed by atoms with Crippen LogP contribution >= 0.6 is 0 Å². The number of nitrogens with zero attached hydrogens (tertiary/aromatic N) is 1. The van der Waals surface area contributed by atoms with Gasteiger partial charge in [-0.25, -0.2) is 0 Å². The fourth-order valence-corrected chi connectivity index (χ4v) is 4.38. The van der Waals surface area contributed by atoms with Crippen LogP contribution in [-0.4, -0.2) is 40.9 Å². The molecule has 2 heterocycles. The first-order chi connectivity index (χ1) is 14.1. The van der Waals surface area contributed by atoms with Crippen LogP contribution in [0, 0.1) is 0 Å². The Hall–Kier alpha value is -2.09. The Labute approximate surface area is 173 Å². The fraction of sp³-hybridized carbons (Fsp3) is 0.478. The third-order valence-corrected chi connectivity index (χ3v) is 6.15. The number of piperidine rings is 1. The average molecular weight is 421 g/mol. The van der Waals surface area contributed by atoms with Crippen LogP contribution in [0.2, 0.25) is 0 Å². The second-order valence-electron chi connectivity index (χ2n) is 8.43. The van der Waals surface area contributed by atoms with Crippen LogP contribution in [-0.2, 0) is 18.2 Å². The molecule has 2 atom stereocenters. The molecule has 2 aliphatic rings. The van der Waals surface area contributed by atoms with Crippen LogP contribution in [0.4, 0.5) is 13.2 Å². The molecule has 2 aliphatic heterocycles.